The van der Waals surface area contributed by atoms with Gasteiger partial charge in [0.05, 0.1) is 22.5 Å². The SMILES string of the molecule is O=C1S/C(=C/c2ccc(Cl)cc2)C(=O)N1Cc1c2ccccc2nc2ccccc12. The molecule has 2 amide bonds. The van der Waals surface area contributed by atoms with Crippen LogP contribution in [-0.4, -0.2) is 21.0 Å². The van der Waals surface area contributed by atoms with Gasteiger partial charge in [0.15, 0.2) is 0 Å². The van der Waals surface area contributed by atoms with Crippen LogP contribution in [-0.2, 0) is 11.3 Å². The van der Waals surface area contributed by atoms with E-state index in [1.54, 1.807) is 18.2 Å². The molecule has 1 aliphatic rings. The number of halogens is 1. The molecular formula is C24H15ClN2O2S. The van der Waals surface area contributed by atoms with Gasteiger partial charge in [0, 0.05) is 15.8 Å². The number of benzene rings is 3. The average Bonchev–Trinajstić information content (AvgIpc) is 3.02. The average molecular weight is 431 g/mol. The van der Waals surface area contributed by atoms with Crippen LogP contribution in [0.3, 0.4) is 0 Å². The molecule has 5 rings (SSSR count). The van der Waals surface area contributed by atoms with Crippen LogP contribution >= 0.6 is 23.4 Å². The standard InChI is InChI=1S/C24H15ClN2O2S/c25-16-11-9-15(10-12-16)13-22-23(28)27(24(29)30-22)14-19-17-5-1-3-7-20(17)26-21-8-4-2-6-18(19)21/h1-13H,14H2/b22-13+. The zero-order valence-corrected chi connectivity index (χ0v) is 17.3. The second-order valence-electron chi connectivity index (χ2n) is 6.94. The van der Waals surface area contributed by atoms with Gasteiger partial charge in [0.25, 0.3) is 11.1 Å². The number of aromatic nitrogens is 1. The lowest BCUT2D eigenvalue weighted by Gasteiger charge is -2.16. The van der Waals surface area contributed by atoms with Crippen LogP contribution in [0.1, 0.15) is 11.1 Å². The Labute approximate surface area is 182 Å². The fraction of sp³-hybridized carbons (Fsp3) is 0.0417. The highest BCUT2D eigenvalue weighted by atomic mass is 35.5. The summed E-state index contributed by atoms with van der Waals surface area (Å²) in [5.41, 5.74) is 3.43. The van der Waals surface area contributed by atoms with Crippen molar-refractivity contribution in [2.75, 3.05) is 0 Å². The number of carbonyl (C=O) groups is 2. The molecule has 0 unspecified atom stereocenters. The Kier molecular flexibility index (Phi) is 4.77. The Hall–Kier alpha value is -3.15. The maximum atomic E-state index is 13.0. The molecule has 30 heavy (non-hydrogen) atoms. The van der Waals surface area contributed by atoms with E-state index in [1.807, 2.05) is 60.7 Å². The molecule has 146 valence electrons. The second-order valence-corrected chi connectivity index (χ2v) is 8.37. The summed E-state index contributed by atoms with van der Waals surface area (Å²) in [6.45, 7) is 0.201. The van der Waals surface area contributed by atoms with E-state index in [1.165, 1.54) is 4.90 Å². The van der Waals surface area contributed by atoms with Crippen molar-refractivity contribution in [3.05, 3.63) is 93.9 Å². The number of hydrogen-bond donors (Lipinski definition) is 0. The minimum absolute atomic E-state index is 0.201. The number of amides is 2. The molecule has 6 heteroatoms. The largest absolute Gasteiger partial charge is 0.293 e. The van der Waals surface area contributed by atoms with E-state index in [4.69, 9.17) is 16.6 Å². The molecule has 4 aromatic rings. The van der Waals surface area contributed by atoms with E-state index >= 15 is 0 Å². The number of fused-ring (bicyclic) bond motifs is 2. The topological polar surface area (TPSA) is 50.3 Å². The summed E-state index contributed by atoms with van der Waals surface area (Å²) in [6.07, 6.45) is 1.73. The van der Waals surface area contributed by atoms with Gasteiger partial charge in [-0.2, -0.15) is 0 Å². The van der Waals surface area contributed by atoms with Crippen LogP contribution in [0.25, 0.3) is 27.9 Å². The Balaban J connectivity index is 1.55. The van der Waals surface area contributed by atoms with E-state index in [9.17, 15) is 9.59 Å². The first-order valence-corrected chi connectivity index (χ1v) is 10.6. The van der Waals surface area contributed by atoms with Crippen LogP contribution in [0.15, 0.2) is 77.7 Å². The third-order valence-electron chi connectivity index (χ3n) is 5.06. The molecule has 1 aromatic heterocycles. The van der Waals surface area contributed by atoms with Crippen LogP contribution < -0.4 is 0 Å². The molecular weight excluding hydrogens is 416 g/mol. The quantitative estimate of drug-likeness (QED) is 0.283. The van der Waals surface area contributed by atoms with Gasteiger partial charge < -0.3 is 0 Å². The minimum atomic E-state index is -0.287. The molecule has 1 aliphatic heterocycles. The highest BCUT2D eigenvalue weighted by Gasteiger charge is 2.35. The molecule has 0 spiro atoms. The summed E-state index contributed by atoms with van der Waals surface area (Å²) < 4.78 is 0. The second kappa shape index (κ2) is 7.59. The predicted octanol–water partition coefficient (Wildman–Crippen LogP) is 6.28. The molecule has 1 saturated heterocycles. The van der Waals surface area contributed by atoms with Gasteiger partial charge >= 0.3 is 0 Å². The van der Waals surface area contributed by atoms with Crippen LogP contribution in [0.4, 0.5) is 4.79 Å². The van der Waals surface area contributed by atoms with Crippen LogP contribution in [0.2, 0.25) is 5.02 Å². The number of imide groups is 1. The van der Waals surface area contributed by atoms with Crippen molar-refractivity contribution >= 4 is 62.4 Å². The Bertz CT molecular complexity index is 1290. The first-order valence-electron chi connectivity index (χ1n) is 9.37. The van der Waals surface area contributed by atoms with Crippen molar-refractivity contribution in [2.24, 2.45) is 0 Å². The smallest absolute Gasteiger partial charge is 0.268 e. The number of para-hydroxylation sites is 2. The van der Waals surface area contributed by atoms with Gasteiger partial charge in [-0.15, -0.1) is 0 Å². The van der Waals surface area contributed by atoms with Crippen molar-refractivity contribution in [3.63, 3.8) is 0 Å². The number of nitrogens with zero attached hydrogens (tertiary/aromatic N) is 2. The highest BCUT2D eigenvalue weighted by molar-refractivity contribution is 8.18. The molecule has 0 radical (unpaired) electrons. The monoisotopic (exact) mass is 430 g/mol. The van der Waals surface area contributed by atoms with Crippen molar-refractivity contribution in [3.8, 4) is 0 Å². The molecule has 0 atom stereocenters. The van der Waals surface area contributed by atoms with Gasteiger partial charge in [-0.25, -0.2) is 4.98 Å². The molecule has 3 aromatic carbocycles. The number of pyridine rings is 1. The maximum Gasteiger partial charge on any atom is 0.293 e. The summed E-state index contributed by atoms with van der Waals surface area (Å²) in [5.74, 6) is -0.287. The Morgan fingerprint density at radius 1 is 0.867 bits per heavy atom. The molecule has 0 aliphatic carbocycles. The number of hydrogen-bond acceptors (Lipinski definition) is 4. The van der Waals surface area contributed by atoms with E-state index < -0.39 is 0 Å². The third-order valence-corrected chi connectivity index (χ3v) is 6.22. The van der Waals surface area contributed by atoms with Gasteiger partial charge in [0.1, 0.15) is 0 Å². The van der Waals surface area contributed by atoms with Gasteiger partial charge in [0.2, 0.25) is 0 Å². The van der Waals surface area contributed by atoms with Crippen molar-refractivity contribution in [1.82, 2.24) is 9.88 Å². The summed E-state index contributed by atoms with van der Waals surface area (Å²) >= 11 is 6.89. The van der Waals surface area contributed by atoms with Crippen LogP contribution in [0, 0.1) is 0 Å². The lowest BCUT2D eigenvalue weighted by Crippen LogP contribution is -2.27. The fourth-order valence-corrected chi connectivity index (χ4v) is 4.57. The summed E-state index contributed by atoms with van der Waals surface area (Å²) in [5, 5.41) is 2.23. The van der Waals surface area contributed by atoms with Crippen molar-refractivity contribution in [1.29, 1.82) is 0 Å². The lowest BCUT2D eigenvalue weighted by atomic mass is 10.0. The lowest BCUT2D eigenvalue weighted by molar-refractivity contribution is -0.123. The zero-order chi connectivity index (χ0) is 20.7. The maximum absolute atomic E-state index is 13.0. The van der Waals surface area contributed by atoms with Gasteiger partial charge in [-0.1, -0.05) is 60.1 Å². The first kappa shape index (κ1) is 18.9. The molecule has 0 bridgehead atoms. The highest BCUT2D eigenvalue weighted by Crippen LogP contribution is 2.35. The Morgan fingerprint density at radius 3 is 2.10 bits per heavy atom. The Morgan fingerprint density at radius 2 is 1.47 bits per heavy atom. The third kappa shape index (κ3) is 3.36. The predicted molar refractivity (Wildman–Crippen MR) is 122 cm³/mol. The van der Waals surface area contributed by atoms with Gasteiger partial charge in [-0.05, 0) is 53.2 Å². The summed E-state index contributed by atoms with van der Waals surface area (Å²) in [7, 11) is 0. The van der Waals surface area contributed by atoms with Crippen molar-refractivity contribution in [2.45, 2.75) is 6.54 Å². The van der Waals surface area contributed by atoms with E-state index in [0.29, 0.717) is 9.93 Å². The molecule has 0 N–H and O–H groups in total. The van der Waals surface area contributed by atoms with E-state index in [0.717, 1.165) is 44.7 Å². The van der Waals surface area contributed by atoms with E-state index in [-0.39, 0.29) is 17.7 Å². The fourth-order valence-electron chi connectivity index (χ4n) is 3.60. The number of thioether (sulfide) groups is 1. The summed E-state index contributed by atoms with van der Waals surface area (Å²) in [4.78, 5) is 32.2. The number of rotatable bonds is 3. The summed E-state index contributed by atoms with van der Waals surface area (Å²) in [6, 6.07) is 22.7. The molecule has 2 heterocycles. The minimum Gasteiger partial charge on any atom is -0.268 e. The molecule has 4 nitrogen and oxygen atoms in total. The van der Waals surface area contributed by atoms with E-state index in [2.05, 4.69) is 0 Å². The number of carbonyl (C=O) groups excluding carboxylic acids is 2. The molecule has 0 saturated carbocycles. The molecule has 1 fully saturated rings. The van der Waals surface area contributed by atoms with Crippen LogP contribution in [0.5, 0.6) is 0 Å². The normalized spacial score (nSPS) is 15.6. The first-order chi connectivity index (χ1) is 14.6. The van der Waals surface area contributed by atoms with Gasteiger partial charge in [-0.3, -0.25) is 14.5 Å². The van der Waals surface area contributed by atoms with Crippen molar-refractivity contribution < 1.29 is 9.59 Å². The zero-order valence-electron chi connectivity index (χ0n) is 15.7.